The summed E-state index contributed by atoms with van der Waals surface area (Å²) >= 11 is 0. The second-order valence-corrected chi connectivity index (χ2v) is 8.22. The highest BCUT2D eigenvalue weighted by Crippen LogP contribution is 2.43. The average molecular weight is 382 g/mol. The lowest BCUT2D eigenvalue weighted by atomic mass is 9.77. The zero-order valence-electron chi connectivity index (χ0n) is 16.8. The average Bonchev–Trinajstić information content (AvgIpc) is 3.43. The largest absolute Gasteiger partial charge is 0.383 e. The van der Waals surface area contributed by atoms with Crippen molar-refractivity contribution in [2.24, 2.45) is 0 Å². The van der Waals surface area contributed by atoms with Crippen LogP contribution in [0.5, 0.6) is 0 Å². The van der Waals surface area contributed by atoms with Crippen molar-refractivity contribution in [2.75, 3.05) is 26.8 Å². The number of nitrogens with zero attached hydrogens (tertiary/aromatic N) is 3. The number of rotatable bonds is 6. The van der Waals surface area contributed by atoms with E-state index in [1.807, 2.05) is 18.5 Å². The van der Waals surface area contributed by atoms with Gasteiger partial charge in [0.05, 0.1) is 12.0 Å². The van der Waals surface area contributed by atoms with Gasteiger partial charge in [-0.05, 0) is 31.2 Å². The number of imidazole rings is 1. The van der Waals surface area contributed by atoms with E-state index in [9.17, 15) is 4.79 Å². The Bertz CT molecular complexity index is 780. The molecule has 4 rings (SSSR count). The Morgan fingerprint density at radius 3 is 2.75 bits per heavy atom. The first-order valence-corrected chi connectivity index (χ1v) is 10.6. The number of carbonyl (C=O) groups excluding carboxylic acids is 1. The van der Waals surface area contributed by atoms with Crippen LogP contribution in [0.2, 0.25) is 0 Å². The van der Waals surface area contributed by atoms with Crippen LogP contribution < -0.4 is 0 Å². The normalized spacial score (nSPS) is 21.8. The molecular weight excluding hydrogens is 350 g/mol. The van der Waals surface area contributed by atoms with Gasteiger partial charge in [0.2, 0.25) is 5.91 Å². The predicted molar refractivity (Wildman–Crippen MR) is 109 cm³/mol. The number of piperidine rings is 1. The van der Waals surface area contributed by atoms with Crippen molar-refractivity contribution in [2.45, 2.75) is 56.4 Å². The second kappa shape index (κ2) is 8.48. The number of likely N-dealkylation sites (tertiary alicyclic amines) is 1. The molecule has 0 unspecified atom stereocenters. The minimum absolute atomic E-state index is 0.304. The molecule has 1 saturated carbocycles. The Morgan fingerprint density at radius 2 is 2.00 bits per heavy atom. The first-order chi connectivity index (χ1) is 13.7. The Morgan fingerprint density at radius 1 is 1.21 bits per heavy atom. The zero-order chi connectivity index (χ0) is 19.4. The fraction of sp³-hybridized carbons (Fsp3) is 0.565. The van der Waals surface area contributed by atoms with Gasteiger partial charge >= 0.3 is 0 Å². The van der Waals surface area contributed by atoms with Gasteiger partial charge in [-0.3, -0.25) is 4.79 Å². The van der Waals surface area contributed by atoms with Crippen LogP contribution in [0, 0.1) is 0 Å². The van der Waals surface area contributed by atoms with E-state index in [1.165, 1.54) is 5.56 Å². The summed E-state index contributed by atoms with van der Waals surface area (Å²) < 4.78 is 7.42. The Labute approximate surface area is 167 Å². The summed E-state index contributed by atoms with van der Waals surface area (Å²) in [6, 6.07) is 10.4. The van der Waals surface area contributed by atoms with E-state index in [1.54, 1.807) is 7.11 Å². The molecule has 1 aliphatic heterocycles. The third kappa shape index (κ3) is 3.60. The fourth-order valence-electron chi connectivity index (χ4n) is 5.10. The summed E-state index contributed by atoms with van der Waals surface area (Å²) in [5.74, 6) is 1.73. The lowest BCUT2D eigenvalue weighted by molar-refractivity contribution is -0.138. The van der Waals surface area contributed by atoms with Crippen molar-refractivity contribution in [3.63, 3.8) is 0 Å². The third-order valence-corrected chi connectivity index (χ3v) is 6.55. The van der Waals surface area contributed by atoms with Gasteiger partial charge in [0.15, 0.2) is 0 Å². The van der Waals surface area contributed by atoms with Crippen LogP contribution in [-0.4, -0.2) is 47.2 Å². The van der Waals surface area contributed by atoms with E-state index in [2.05, 4.69) is 38.7 Å². The van der Waals surface area contributed by atoms with Crippen molar-refractivity contribution in [3.05, 3.63) is 54.1 Å². The first-order valence-electron chi connectivity index (χ1n) is 10.6. The monoisotopic (exact) mass is 381 g/mol. The molecule has 2 aromatic rings. The van der Waals surface area contributed by atoms with Crippen molar-refractivity contribution >= 4 is 5.91 Å². The minimum atomic E-state index is -0.325. The molecule has 0 N–H and O–H groups in total. The first kappa shape index (κ1) is 19.2. The molecule has 1 aromatic carbocycles. The summed E-state index contributed by atoms with van der Waals surface area (Å²) in [7, 11) is 1.72. The summed E-state index contributed by atoms with van der Waals surface area (Å²) in [4.78, 5) is 20.5. The molecule has 2 heterocycles. The summed E-state index contributed by atoms with van der Waals surface area (Å²) in [6.07, 6.45) is 10.2. The highest BCUT2D eigenvalue weighted by atomic mass is 16.5. The topological polar surface area (TPSA) is 47.4 Å². The minimum Gasteiger partial charge on any atom is -0.383 e. The zero-order valence-corrected chi connectivity index (χ0v) is 16.8. The third-order valence-electron chi connectivity index (χ3n) is 6.55. The van der Waals surface area contributed by atoms with Gasteiger partial charge in [-0.15, -0.1) is 0 Å². The van der Waals surface area contributed by atoms with Crippen molar-refractivity contribution in [3.8, 4) is 0 Å². The Kier molecular flexibility index (Phi) is 5.81. The van der Waals surface area contributed by atoms with Crippen LogP contribution in [0.15, 0.2) is 42.7 Å². The molecule has 1 aliphatic carbocycles. The molecule has 0 radical (unpaired) electrons. The van der Waals surface area contributed by atoms with Crippen LogP contribution in [0.4, 0.5) is 0 Å². The molecule has 2 aliphatic rings. The predicted octanol–water partition coefficient (Wildman–Crippen LogP) is 3.75. The number of benzene rings is 1. The number of amides is 1. The number of ether oxygens (including phenoxy) is 1. The molecule has 0 spiro atoms. The highest BCUT2D eigenvalue weighted by molar-refractivity contribution is 5.88. The van der Waals surface area contributed by atoms with Crippen molar-refractivity contribution < 1.29 is 9.53 Å². The molecule has 2 fully saturated rings. The van der Waals surface area contributed by atoms with Crippen LogP contribution in [-0.2, 0) is 21.5 Å². The smallest absolute Gasteiger partial charge is 0.233 e. The van der Waals surface area contributed by atoms with Gasteiger partial charge < -0.3 is 14.2 Å². The molecule has 150 valence electrons. The van der Waals surface area contributed by atoms with Crippen LogP contribution in [0.25, 0.3) is 0 Å². The molecule has 1 aromatic heterocycles. The maximum atomic E-state index is 13.8. The van der Waals surface area contributed by atoms with E-state index in [0.29, 0.717) is 18.4 Å². The van der Waals surface area contributed by atoms with Crippen LogP contribution >= 0.6 is 0 Å². The fourth-order valence-corrected chi connectivity index (χ4v) is 5.10. The van der Waals surface area contributed by atoms with E-state index in [0.717, 1.165) is 64.0 Å². The molecule has 0 bridgehead atoms. The number of hydrogen-bond acceptors (Lipinski definition) is 3. The summed E-state index contributed by atoms with van der Waals surface area (Å²) in [6.45, 7) is 3.13. The lowest BCUT2D eigenvalue weighted by Crippen LogP contribution is -2.49. The van der Waals surface area contributed by atoms with Gasteiger partial charge in [-0.2, -0.15) is 0 Å². The van der Waals surface area contributed by atoms with Gasteiger partial charge in [-0.25, -0.2) is 4.98 Å². The molecule has 1 saturated heterocycles. The number of carbonyl (C=O) groups is 1. The summed E-state index contributed by atoms with van der Waals surface area (Å²) in [5, 5.41) is 0. The molecule has 1 atom stereocenters. The molecule has 5 heteroatoms. The van der Waals surface area contributed by atoms with Gasteiger partial charge in [0.25, 0.3) is 0 Å². The van der Waals surface area contributed by atoms with E-state index >= 15 is 0 Å². The molecule has 28 heavy (non-hydrogen) atoms. The highest BCUT2D eigenvalue weighted by Gasteiger charge is 2.45. The molecular formula is C23H31N3O2. The Hall–Kier alpha value is -2.14. The summed E-state index contributed by atoms with van der Waals surface area (Å²) in [5.41, 5.74) is 0.871. The van der Waals surface area contributed by atoms with Crippen LogP contribution in [0.3, 0.4) is 0 Å². The van der Waals surface area contributed by atoms with E-state index < -0.39 is 0 Å². The van der Waals surface area contributed by atoms with Crippen molar-refractivity contribution in [1.82, 2.24) is 14.5 Å². The number of methoxy groups -OCH3 is 1. The quantitative estimate of drug-likeness (QED) is 0.766. The lowest BCUT2D eigenvalue weighted by Gasteiger charge is -2.39. The van der Waals surface area contributed by atoms with Gasteiger partial charge in [-0.1, -0.05) is 43.2 Å². The standard InChI is InChI=1S/C23H31N3O2/c1-28-17-16-25-15-13-24-21(25)19-8-7-14-26(18-19)22(27)23(11-5-6-12-23)20-9-3-2-4-10-20/h2-4,9-10,13,15,19H,5-8,11-12,14,16-18H2,1H3/t19-/m1/s1. The number of aromatic nitrogens is 2. The van der Waals surface area contributed by atoms with Gasteiger partial charge in [0, 0.05) is 45.1 Å². The van der Waals surface area contributed by atoms with Crippen molar-refractivity contribution in [1.29, 1.82) is 0 Å². The maximum absolute atomic E-state index is 13.8. The second-order valence-electron chi connectivity index (χ2n) is 8.22. The number of hydrogen-bond donors (Lipinski definition) is 0. The van der Waals surface area contributed by atoms with E-state index in [-0.39, 0.29) is 5.41 Å². The molecule has 1 amide bonds. The van der Waals surface area contributed by atoms with Crippen LogP contribution in [0.1, 0.15) is 55.8 Å². The maximum Gasteiger partial charge on any atom is 0.233 e. The molecule has 5 nitrogen and oxygen atoms in total. The van der Waals surface area contributed by atoms with Gasteiger partial charge in [0.1, 0.15) is 5.82 Å². The SMILES string of the molecule is COCCn1ccnc1[C@@H]1CCCN(C(=O)C2(c3ccccc3)CCCC2)C1. The van der Waals surface area contributed by atoms with E-state index in [4.69, 9.17) is 4.74 Å². The Balaban J connectivity index is 1.54.